The van der Waals surface area contributed by atoms with Crippen LogP contribution in [0.2, 0.25) is 5.02 Å². The molecule has 3 N–H and O–H groups in total. The molecule has 2 saturated heterocycles. The molecule has 4 fully saturated rings. The summed E-state index contributed by atoms with van der Waals surface area (Å²) in [5, 5.41) is 7.99. The van der Waals surface area contributed by atoms with Crippen molar-refractivity contribution in [2.24, 2.45) is 23.7 Å². The highest BCUT2D eigenvalue weighted by atomic mass is 35.5. The quantitative estimate of drug-likeness (QED) is 0.230. The average molecular weight is 1400 g/mol. The molecule has 1 aromatic carbocycles. The normalized spacial score (nSPS) is 25.5. The molecule has 1 spiro atoms. The van der Waals surface area contributed by atoms with Gasteiger partial charge in [0.05, 0.1) is 36.6 Å². The Kier molecular flexibility index (Phi) is 28.6. The number of halogens is 4. The molecule has 28 heteroatoms. The lowest BCUT2D eigenvalue weighted by Gasteiger charge is -2.41. The summed E-state index contributed by atoms with van der Waals surface area (Å²) >= 11 is 6.14. The maximum absolute atomic E-state index is 15.5. The fraction of sp³-hybridized carbons (Fsp3) is 0.714. The van der Waals surface area contributed by atoms with E-state index in [-0.39, 0.29) is 74.6 Å². The number of nitrogens with zero attached hydrogens (tertiary/aromatic N) is 9. The number of carbonyl (C=O) groups is 12. The lowest BCUT2D eigenvalue weighted by atomic mass is 9.84. The first-order valence-corrected chi connectivity index (χ1v) is 35.3. The topological polar surface area (TPSA) is 270 Å². The Morgan fingerprint density at radius 3 is 1.85 bits per heavy atom. The number of likely N-dealkylation sites (N-methyl/N-ethyl adjacent to an activating group) is 7. The van der Waals surface area contributed by atoms with Crippen molar-refractivity contribution >= 4 is 82.5 Å². The molecule has 546 valence electrons. The van der Waals surface area contributed by atoms with E-state index >= 15 is 14.4 Å². The highest BCUT2D eigenvalue weighted by Gasteiger charge is 2.50. The van der Waals surface area contributed by atoms with Crippen LogP contribution >= 0.6 is 11.6 Å². The van der Waals surface area contributed by atoms with Crippen molar-refractivity contribution < 1.29 is 70.7 Å². The van der Waals surface area contributed by atoms with Gasteiger partial charge >= 0.3 is 6.18 Å². The summed E-state index contributed by atoms with van der Waals surface area (Å²) in [5.74, 6) is -9.38. The Balaban J connectivity index is 1.42. The third kappa shape index (κ3) is 19.8. The van der Waals surface area contributed by atoms with Gasteiger partial charge < -0.3 is 60.0 Å². The minimum atomic E-state index is -4.77. The van der Waals surface area contributed by atoms with Crippen LogP contribution in [0.4, 0.5) is 13.2 Å². The summed E-state index contributed by atoms with van der Waals surface area (Å²) in [6, 6.07) is -4.56. The Hall–Kier alpha value is -7.32. The molecule has 12 amide bonds. The largest absolute Gasteiger partial charge is 0.417 e. The number of fused-ring (bicyclic) bond motifs is 1. The van der Waals surface area contributed by atoms with Crippen LogP contribution in [0.1, 0.15) is 168 Å². The molecule has 5 aliphatic rings. The van der Waals surface area contributed by atoms with Gasteiger partial charge in [0.2, 0.25) is 65.0 Å². The predicted molar refractivity (Wildman–Crippen MR) is 362 cm³/mol. The summed E-state index contributed by atoms with van der Waals surface area (Å²) in [5.41, 5.74) is -2.57. The number of nitrogens with one attached hydrogen (secondary N) is 3. The molecule has 2 aliphatic carbocycles. The van der Waals surface area contributed by atoms with Crippen molar-refractivity contribution in [1.29, 1.82) is 0 Å². The van der Waals surface area contributed by atoms with E-state index in [0.717, 1.165) is 63.8 Å². The molecule has 3 aliphatic heterocycles. The van der Waals surface area contributed by atoms with Crippen LogP contribution < -0.4 is 16.0 Å². The second-order valence-corrected chi connectivity index (χ2v) is 28.9. The first-order chi connectivity index (χ1) is 46.1. The first kappa shape index (κ1) is 79.7. The van der Waals surface area contributed by atoms with E-state index < -0.39 is 167 Å². The molecular formula is C70H106ClF3N12O12. The van der Waals surface area contributed by atoms with Crippen LogP contribution in [0.15, 0.2) is 30.0 Å². The minimum Gasteiger partial charge on any atom is -0.343 e. The van der Waals surface area contributed by atoms with Gasteiger partial charge in [0.25, 0.3) is 5.91 Å². The van der Waals surface area contributed by atoms with Crippen LogP contribution in [0, 0.1) is 23.7 Å². The highest BCUT2D eigenvalue weighted by Crippen LogP contribution is 2.37. The lowest BCUT2D eigenvalue weighted by molar-refractivity contribution is -0.156. The number of aryl methyl sites for hydroxylation is 1. The predicted octanol–water partition coefficient (Wildman–Crippen LogP) is 5.62. The maximum atomic E-state index is 15.5. The zero-order chi connectivity index (χ0) is 72.8. The average Bonchev–Trinajstić information content (AvgIpc) is 1.37. The van der Waals surface area contributed by atoms with Crippen molar-refractivity contribution in [2.75, 3.05) is 88.6 Å². The summed E-state index contributed by atoms with van der Waals surface area (Å²) in [6.45, 7) is 9.86. The summed E-state index contributed by atoms with van der Waals surface area (Å²) < 4.78 is 41.5. The van der Waals surface area contributed by atoms with Gasteiger partial charge in [-0.1, -0.05) is 123 Å². The summed E-state index contributed by atoms with van der Waals surface area (Å²) in [7, 11) is 9.83. The van der Waals surface area contributed by atoms with Crippen molar-refractivity contribution in [3.05, 3.63) is 46.1 Å². The van der Waals surface area contributed by atoms with Gasteiger partial charge in [-0.3, -0.25) is 57.5 Å². The monoisotopic (exact) mass is 1400 g/mol. The van der Waals surface area contributed by atoms with Crippen LogP contribution in [0.25, 0.3) is 0 Å². The number of likely N-dealkylation sites (tertiary alicyclic amines) is 1. The number of alkyl halides is 3. The van der Waals surface area contributed by atoms with Gasteiger partial charge in [-0.05, 0) is 99.2 Å². The third-order valence-electron chi connectivity index (χ3n) is 20.8. The van der Waals surface area contributed by atoms with E-state index in [4.69, 9.17) is 11.6 Å². The number of hydrogen-bond acceptors (Lipinski definition) is 12. The second-order valence-electron chi connectivity index (χ2n) is 28.5. The Morgan fingerprint density at radius 1 is 0.653 bits per heavy atom. The van der Waals surface area contributed by atoms with E-state index in [0.29, 0.717) is 51.6 Å². The van der Waals surface area contributed by atoms with E-state index in [1.165, 1.54) is 81.1 Å². The standard InChI is InChI=1S/C70H106ClF3N12O12/c1-14-44(5)59-66(96)80(9)41-57(89)78(7)42-58(90)82(11)53(38-46-24-17-16-18-25-46)64(94)79(8)40-55(87)75-50(30-28-47-27-29-48(49(71)37-47)70(72,73)74)63(93)86-35-23-26-51(86)62(92)77-69(31-19-20-32-69)68(98)84(13)60(45(6)15-2)67(97)83(12)54(65(95)85-33-21-22-34-85)39-56(88)81(10)52(36-43(3)4)61(91)76-59/h26-27,29,37,43-46,50,52-54,59-60H,14-25,28,30-36,38-42H2,1-13H3,(H,75,87)(H,76,91)(H,77,92)/t44-,45-,50-,52-,53-,54-,59?,60-/m0/s1. The van der Waals surface area contributed by atoms with Gasteiger partial charge in [-0.2, -0.15) is 13.2 Å². The zero-order valence-electron chi connectivity index (χ0n) is 59.7. The van der Waals surface area contributed by atoms with E-state index in [9.17, 15) is 56.3 Å². The smallest absolute Gasteiger partial charge is 0.343 e. The maximum Gasteiger partial charge on any atom is 0.417 e. The molecule has 1 aromatic rings. The number of benzene rings is 1. The fourth-order valence-electron chi connectivity index (χ4n) is 14.2. The molecule has 24 nitrogen and oxygen atoms in total. The van der Waals surface area contributed by atoms with Gasteiger partial charge in [-0.15, -0.1) is 0 Å². The Morgan fingerprint density at radius 2 is 1.26 bits per heavy atom. The molecule has 8 atom stereocenters. The SMILES string of the molecule is CC[C@H](C)C1NC(=O)[C@H](CC(C)C)N(C)C(=O)C[C@@H](C(=O)N2CCCC2)N(C)C(=O)[C@H]([C@@H](C)CC)N(C)C(=O)C2(CCCC2)NC(=O)C2=CCCN2C(=O)[C@H](CCc2ccc(C(F)(F)F)c(Cl)c2)NC(=O)CN(C)C(=O)[C@H](CC2CCCCC2)N(C)C(=O)CN(C)C(=O)CN(C)C1=O. The zero-order valence-corrected chi connectivity index (χ0v) is 60.5. The van der Waals surface area contributed by atoms with Gasteiger partial charge in [-0.25, -0.2) is 0 Å². The molecule has 3 heterocycles. The Bertz CT molecular complexity index is 3110. The molecule has 2 saturated carbocycles. The van der Waals surface area contributed by atoms with Crippen LogP contribution in [-0.4, -0.2) is 245 Å². The number of carbonyl (C=O) groups excluding carboxylic acids is 12. The molecule has 0 bridgehead atoms. The molecule has 1 unspecified atom stereocenters. The van der Waals surface area contributed by atoms with Crippen molar-refractivity contribution in [2.45, 2.75) is 212 Å². The van der Waals surface area contributed by atoms with Crippen LogP contribution in [0.5, 0.6) is 0 Å². The third-order valence-corrected chi connectivity index (χ3v) is 21.1. The van der Waals surface area contributed by atoms with Crippen molar-refractivity contribution in [3.8, 4) is 0 Å². The second kappa shape index (κ2) is 35.1. The highest BCUT2D eigenvalue weighted by molar-refractivity contribution is 6.31. The van der Waals surface area contributed by atoms with Crippen molar-refractivity contribution in [1.82, 2.24) is 60.0 Å². The molecule has 0 radical (unpaired) electrons. The molecule has 6 rings (SSSR count). The molecule has 0 aromatic heterocycles. The Labute approximate surface area is 580 Å². The van der Waals surface area contributed by atoms with E-state index in [2.05, 4.69) is 16.0 Å². The first-order valence-electron chi connectivity index (χ1n) is 34.9. The van der Waals surface area contributed by atoms with Gasteiger partial charge in [0.1, 0.15) is 47.5 Å². The number of amides is 12. The van der Waals surface area contributed by atoms with Crippen LogP contribution in [-0.2, 0) is 70.1 Å². The summed E-state index contributed by atoms with van der Waals surface area (Å²) in [4.78, 5) is 189. The van der Waals surface area contributed by atoms with E-state index in [1.54, 1.807) is 18.7 Å². The van der Waals surface area contributed by atoms with E-state index in [1.807, 2.05) is 27.7 Å². The molecular weight excluding hydrogens is 1290 g/mol. The molecule has 98 heavy (non-hydrogen) atoms. The summed E-state index contributed by atoms with van der Waals surface area (Å²) in [6.07, 6.45) is 4.00. The fourth-order valence-corrected chi connectivity index (χ4v) is 14.5. The number of hydrogen-bond donors (Lipinski definition) is 3. The van der Waals surface area contributed by atoms with Crippen LogP contribution in [0.3, 0.4) is 0 Å². The minimum absolute atomic E-state index is 0.0132. The van der Waals surface area contributed by atoms with Gasteiger partial charge in [0, 0.05) is 69.0 Å². The number of rotatable bonds is 12. The van der Waals surface area contributed by atoms with Crippen molar-refractivity contribution in [3.63, 3.8) is 0 Å². The lowest BCUT2D eigenvalue weighted by Crippen LogP contribution is -2.64. The van der Waals surface area contributed by atoms with Gasteiger partial charge in [0.15, 0.2) is 0 Å².